The van der Waals surface area contributed by atoms with E-state index in [1.54, 1.807) is 0 Å². The van der Waals surface area contributed by atoms with Crippen LogP contribution in [0.15, 0.2) is 41.3 Å². The quantitative estimate of drug-likeness (QED) is 0.432. The molecule has 0 radical (unpaired) electrons. The number of sulfone groups is 1. The molecule has 9 heteroatoms. The lowest BCUT2D eigenvalue weighted by Crippen LogP contribution is -2.41. The summed E-state index contributed by atoms with van der Waals surface area (Å²) in [6, 6.07) is 8.51. The maximum absolute atomic E-state index is 13.2. The monoisotopic (exact) mass is 477 g/mol. The normalized spacial score (nSPS) is 11.9. The second kappa shape index (κ2) is 10.1. The minimum absolute atomic E-state index is 0.0771. The zero-order valence-electron chi connectivity index (χ0n) is 18.8. The lowest BCUT2D eigenvalue weighted by atomic mass is 10.1. The summed E-state index contributed by atoms with van der Waals surface area (Å²) < 4.78 is 39.8. The Labute approximate surface area is 192 Å². The molecule has 6 nitrogen and oxygen atoms in total. The number of fused-ring (bicyclic) bond motifs is 1. The van der Waals surface area contributed by atoms with Gasteiger partial charge in [0.2, 0.25) is 5.91 Å². The van der Waals surface area contributed by atoms with Crippen molar-refractivity contribution in [2.75, 3.05) is 36.8 Å². The van der Waals surface area contributed by atoms with Gasteiger partial charge in [0.05, 0.1) is 15.1 Å². The molecular formula is C23H28FN3O3S2. The van der Waals surface area contributed by atoms with Gasteiger partial charge >= 0.3 is 0 Å². The third-order valence-corrected chi connectivity index (χ3v) is 8.29. The number of rotatable bonds is 9. The van der Waals surface area contributed by atoms with Crippen LogP contribution >= 0.6 is 11.3 Å². The molecule has 1 amide bonds. The van der Waals surface area contributed by atoms with Gasteiger partial charge in [0.1, 0.15) is 11.6 Å². The lowest BCUT2D eigenvalue weighted by Gasteiger charge is -2.24. The highest BCUT2D eigenvalue weighted by Gasteiger charge is 2.27. The van der Waals surface area contributed by atoms with E-state index in [2.05, 4.69) is 4.90 Å². The molecular weight excluding hydrogens is 449 g/mol. The van der Waals surface area contributed by atoms with Crippen molar-refractivity contribution in [1.29, 1.82) is 0 Å². The highest BCUT2D eigenvalue weighted by atomic mass is 32.2. The maximum Gasteiger partial charge on any atom is 0.244 e. The first-order valence-corrected chi connectivity index (χ1v) is 13.0. The van der Waals surface area contributed by atoms with E-state index in [1.165, 1.54) is 28.4 Å². The van der Waals surface area contributed by atoms with Gasteiger partial charge in [-0.3, -0.25) is 9.69 Å². The number of amides is 1. The standard InChI is InChI=1S/C23H28FN3O3S2/c1-5-26(6-2)13-14-27(23-25-22-17(4)16(3)7-12-20(22)31-23)21(28)15-32(29,30)19-10-8-18(24)9-11-19/h7-12H,5-6,13-15H2,1-4H3. The van der Waals surface area contributed by atoms with E-state index in [-0.39, 0.29) is 4.90 Å². The van der Waals surface area contributed by atoms with E-state index in [0.717, 1.165) is 46.6 Å². The fraction of sp³-hybridized carbons (Fsp3) is 0.391. The van der Waals surface area contributed by atoms with Gasteiger partial charge in [0, 0.05) is 13.1 Å². The summed E-state index contributed by atoms with van der Waals surface area (Å²) in [6.45, 7) is 10.7. The molecule has 3 aromatic rings. The summed E-state index contributed by atoms with van der Waals surface area (Å²) in [5.74, 6) is -1.78. The molecule has 0 saturated heterocycles. The van der Waals surface area contributed by atoms with E-state index in [0.29, 0.717) is 18.2 Å². The third-order valence-electron chi connectivity index (χ3n) is 5.63. The van der Waals surface area contributed by atoms with Crippen LogP contribution in [0.4, 0.5) is 9.52 Å². The zero-order valence-corrected chi connectivity index (χ0v) is 20.4. The van der Waals surface area contributed by atoms with Crippen molar-refractivity contribution in [3.63, 3.8) is 0 Å². The molecule has 0 unspecified atom stereocenters. The van der Waals surface area contributed by atoms with Crippen molar-refractivity contribution in [1.82, 2.24) is 9.88 Å². The highest BCUT2D eigenvalue weighted by molar-refractivity contribution is 7.92. The Morgan fingerprint density at radius 2 is 1.69 bits per heavy atom. The summed E-state index contributed by atoms with van der Waals surface area (Å²) >= 11 is 1.38. The SMILES string of the molecule is CCN(CC)CCN(C(=O)CS(=O)(=O)c1ccc(F)cc1)c1nc2c(C)c(C)ccc2s1. The van der Waals surface area contributed by atoms with Crippen LogP contribution in [0, 0.1) is 19.7 Å². The summed E-state index contributed by atoms with van der Waals surface area (Å²) in [5.41, 5.74) is 2.97. The number of likely N-dealkylation sites (N-methyl/N-ethyl adjacent to an activating group) is 1. The largest absolute Gasteiger partial charge is 0.302 e. The van der Waals surface area contributed by atoms with Crippen molar-refractivity contribution in [3.05, 3.63) is 53.3 Å². The van der Waals surface area contributed by atoms with Crippen molar-refractivity contribution < 1.29 is 17.6 Å². The number of hydrogen-bond acceptors (Lipinski definition) is 6. The Hall–Kier alpha value is -2.36. The zero-order chi connectivity index (χ0) is 23.5. The predicted octanol–water partition coefficient (Wildman–Crippen LogP) is 4.20. The molecule has 0 spiro atoms. The third kappa shape index (κ3) is 5.33. The van der Waals surface area contributed by atoms with E-state index < -0.39 is 27.3 Å². The minimum Gasteiger partial charge on any atom is -0.302 e. The molecule has 1 heterocycles. The van der Waals surface area contributed by atoms with Crippen molar-refractivity contribution in [2.24, 2.45) is 0 Å². The van der Waals surface area contributed by atoms with Crippen LogP contribution in [0.1, 0.15) is 25.0 Å². The van der Waals surface area contributed by atoms with Crippen molar-refractivity contribution in [2.45, 2.75) is 32.6 Å². The molecule has 0 N–H and O–H groups in total. The molecule has 2 aromatic carbocycles. The Morgan fingerprint density at radius 3 is 2.31 bits per heavy atom. The highest BCUT2D eigenvalue weighted by Crippen LogP contribution is 2.32. The van der Waals surface area contributed by atoms with Crippen LogP contribution in [-0.2, 0) is 14.6 Å². The number of hydrogen-bond donors (Lipinski definition) is 0. The number of anilines is 1. The second-order valence-corrected chi connectivity index (χ2v) is 10.6. The number of aryl methyl sites for hydroxylation is 2. The van der Waals surface area contributed by atoms with Crippen LogP contribution in [0.25, 0.3) is 10.2 Å². The van der Waals surface area contributed by atoms with Crippen LogP contribution in [0.5, 0.6) is 0 Å². The summed E-state index contributed by atoms with van der Waals surface area (Å²) in [7, 11) is -3.92. The summed E-state index contributed by atoms with van der Waals surface area (Å²) in [4.78, 5) is 21.5. The fourth-order valence-corrected chi connectivity index (χ4v) is 5.67. The van der Waals surface area contributed by atoms with Gasteiger partial charge in [-0.1, -0.05) is 31.3 Å². The maximum atomic E-state index is 13.2. The van der Waals surface area contributed by atoms with Crippen molar-refractivity contribution >= 4 is 42.4 Å². The van der Waals surface area contributed by atoms with E-state index >= 15 is 0 Å². The molecule has 32 heavy (non-hydrogen) atoms. The first-order valence-electron chi connectivity index (χ1n) is 10.5. The predicted molar refractivity (Wildman–Crippen MR) is 128 cm³/mol. The average Bonchev–Trinajstić information content (AvgIpc) is 3.18. The average molecular weight is 478 g/mol. The summed E-state index contributed by atoms with van der Waals surface area (Å²) in [5, 5.41) is 0.486. The van der Waals surface area contributed by atoms with Crippen LogP contribution in [0.2, 0.25) is 0 Å². The van der Waals surface area contributed by atoms with Gasteiger partial charge in [-0.05, 0) is 68.4 Å². The van der Waals surface area contributed by atoms with E-state index in [1.807, 2.05) is 39.8 Å². The number of thiazole rings is 1. The first kappa shape index (κ1) is 24.3. The molecule has 0 fully saturated rings. The Bertz CT molecular complexity index is 1200. The smallest absolute Gasteiger partial charge is 0.244 e. The van der Waals surface area contributed by atoms with Crippen LogP contribution in [-0.4, -0.2) is 56.1 Å². The van der Waals surface area contributed by atoms with Gasteiger partial charge in [0.25, 0.3) is 0 Å². The number of halogens is 1. The van der Waals surface area contributed by atoms with Crippen LogP contribution in [0.3, 0.4) is 0 Å². The minimum atomic E-state index is -3.92. The van der Waals surface area contributed by atoms with Crippen LogP contribution < -0.4 is 4.90 Å². The van der Waals surface area contributed by atoms with Gasteiger partial charge in [0.15, 0.2) is 15.0 Å². The topological polar surface area (TPSA) is 70.6 Å². The fourth-order valence-electron chi connectivity index (χ4n) is 3.40. The molecule has 0 atom stereocenters. The Balaban J connectivity index is 1.94. The molecule has 0 bridgehead atoms. The lowest BCUT2D eigenvalue weighted by molar-refractivity contribution is -0.116. The Kier molecular flexibility index (Phi) is 7.63. The molecule has 3 rings (SSSR count). The van der Waals surface area contributed by atoms with Gasteiger partial charge in [-0.25, -0.2) is 17.8 Å². The van der Waals surface area contributed by atoms with E-state index in [4.69, 9.17) is 4.98 Å². The first-order chi connectivity index (χ1) is 15.2. The summed E-state index contributed by atoms with van der Waals surface area (Å²) in [6.07, 6.45) is 0. The molecule has 1 aromatic heterocycles. The molecule has 0 aliphatic heterocycles. The molecule has 0 saturated carbocycles. The molecule has 0 aliphatic rings. The number of nitrogens with zero attached hydrogens (tertiary/aromatic N) is 3. The molecule has 0 aliphatic carbocycles. The van der Waals surface area contributed by atoms with Gasteiger partial charge < -0.3 is 4.90 Å². The Morgan fingerprint density at radius 1 is 1.03 bits per heavy atom. The van der Waals surface area contributed by atoms with Gasteiger partial charge in [-0.15, -0.1) is 0 Å². The van der Waals surface area contributed by atoms with E-state index in [9.17, 15) is 17.6 Å². The van der Waals surface area contributed by atoms with Crippen molar-refractivity contribution in [3.8, 4) is 0 Å². The number of carbonyl (C=O) groups excluding carboxylic acids is 1. The van der Waals surface area contributed by atoms with Gasteiger partial charge in [-0.2, -0.15) is 0 Å². The number of carbonyl (C=O) groups is 1. The number of aromatic nitrogens is 1. The number of benzene rings is 2. The molecule has 172 valence electrons. The second-order valence-electron chi connectivity index (χ2n) is 7.64.